The monoisotopic (exact) mass is 195 g/mol. The maximum absolute atomic E-state index is 8.84. The summed E-state index contributed by atoms with van der Waals surface area (Å²) in [6, 6.07) is 0. The maximum atomic E-state index is 8.84. The first-order valence-corrected chi connectivity index (χ1v) is 3.87. The van der Waals surface area contributed by atoms with Gasteiger partial charge in [-0.05, 0) is 0 Å². The molecular weight excluding hydrogens is 184 g/mol. The topological polar surface area (TPSA) is 30.6 Å². The first-order valence-electron chi connectivity index (χ1n) is 2.75. The van der Waals surface area contributed by atoms with Crippen molar-refractivity contribution in [1.29, 1.82) is 0 Å². The van der Waals surface area contributed by atoms with Gasteiger partial charge in [0.25, 0.3) is 0 Å². The van der Waals surface area contributed by atoms with Crippen LogP contribution in [-0.4, -0.2) is 21.7 Å². The van der Waals surface area contributed by atoms with Crippen LogP contribution in [0.25, 0.3) is 0 Å². The van der Waals surface area contributed by atoms with E-state index in [2.05, 4.69) is 15.9 Å². The Morgan fingerprint density at radius 3 is 2.11 bits per heavy atom. The van der Waals surface area contributed by atoms with Crippen LogP contribution in [0.1, 0.15) is 20.8 Å². The lowest BCUT2D eigenvalue weighted by Crippen LogP contribution is -2.24. The SMILES string of the molecule is CC(C)(C)OC(=[OH+])CBr. The summed E-state index contributed by atoms with van der Waals surface area (Å²) in [7, 11) is 0. The van der Waals surface area contributed by atoms with Crippen LogP contribution < -0.4 is 0 Å². The Hall–Kier alpha value is -0.0500. The third kappa shape index (κ3) is 5.83. The van der Waals surface area contributed by atoms with Crippen LogP contribution in [0, 0.1) is 0 Å². The smallest absolute Gasteiger partial charge is 0.338 e. The van der Waals surface area contributed by atoms with Gasteiger partial charge in [-0.2, -0.15) is 0 Å². The van der Waals surface area contributed by atoms with E-state index in [1.807, 2.05) is 20.8 Å². The van der Waals surface area contributed by atoms with Crippen LogP contribution in [0.4, 0.5) is 0 Å². The van der Waals surface area contributed by atoms with Crippen molar-refractivity contribution in [3.8, 4) is 0 Å². The highest BCUT2D eigenvalue weighted by Gasteiger charge is 2.23. The Bertz CT molecular complexity index is 104. The first-order chi connectivity index (χ1) is 3.95. The molecule has 0 aromatic heterocycles. The zero-order valence-corrected chi connectivity index (χ0v) is 7.53. The summed E-state index contributed by atoms with van der Waals surface area (Å²) in [6.45, 7) is 5.64. The number of ether oxygens (including phenoxy) is 1. The fraction of sp³-hybridized carbons (Fsp3) is 0.833. The zero-order chi connectivity index (χ0) is 7.49. The van der Waals surface area contributed by atoms with Crippen LogP contribution in [0.15, 0.2) is 0 Å². The van der Waals surface area contributed by atoms with Crippen LogP contribution in [0.3, 0.4) is 0 Å². The molecule has 0 rings (SSSR count). The van der Waals surface area contributed by atoms with Crippen molar-refractivity contribution >= 4 is 21.9 Å². The summed E-state index contributed by atoms with van der Waals surface area (Å²) < 4.78 is 5.01. The standard InChI is InChI=1S/C6H11BrO2/c1-6(2,3)9-5(8)4-7/h4H2,1-3H3/p+1. The second kappa shape index (κ2) is 3.20. The lowest BCUT2D eigenvalue weighted by Gasteiger charge is -2.08. The van der Waals surface area contributed by atoms with Gasteiger partial charge in [0.15, 0.2) is 10.9 Å². The molecule has 0 aliphatic carbocycles. The van der Waals surface area contributed by atoms with Crippen LogP contribution in [0.2, 0.25) is 0 Å². The average Bonchev–Trinajstić information content (AvgIpc) is 1.62. The highest BCUT2D eigenvalue weighted by Crippen LogP contribution is 2.06. The van der Waals surface area contributed by atoms with Gasteiger partial charge in [0.2, 0.25) is 0 Å². The molecule has 0 bridgehead atoms. The minimum atomic E-state index is -0.294. The van der Waals surface area contributed by atoms with Crippen molar-refractivity contribution in [2.45, 2.75) is 26.4 Å². The Morgan fingerprint density at radius 1 is 1.56 bits per heavy atom. The van der Waals surface area contributed by atoms with Crippen LogP contribution in [0.5, 0.6) is 0 Å². The summed E-state index contributed by atoms with van der Waals surface area (Å²) in [4.78, 5) is 8.84. The number of carbonyl (C=O) groups excluding carboxylic acids is 1. The molecule has 1 N–H and O–H groups in total. The maximum Gasteiger partial charge on any atom is 0.494 e. The van der Waals surface area contributed by atoms with E-state index in [1.54, 1.807) is 0 Å². The molecule has 0 unspecified atom stereocenters. The molecule has 0 saturated heterocycles. The number of alkyl halides is 1. The molecule has 2 nitrogen and oxygen atoms in total. The summed E-state index contributed by atoms with van der Waals surface area (Å²) in [5.74, 6) is 0.0301. The summed E-state index contributed by atoms with van der Waals surface area (Å²) in [5, 5.41) is 0.379. The molecule has 0 spiro atoms. The van der Waals surface area contributed by atoms with E-state index in [4.69, 9.17) is 9.53 Å². The van der Waals surface area contributed by atoms with Gasteiger partial charge in [-0.1, -0.05) is 15.9 Å². The summed E-state index contributed by atoms with van der Waals surface area (Å²) in [5.41, 5.74) is -0.294. The van der Waals surface area contributed by atoms with E-state index < -0.39 is 0 Å². The van der Waals surface area contributed by atoms with Gasteiger partial charge in [-0.25, -0.2) is 0 Å². The van der Waals surface area contributed by atoms with Crippen molar-refractivity contribution in [3.05, 3.63) is 0 Å². The van der Waals surface area contributed by atoms with Gasteiger partial charge < -0.3 is 9.53 Å². The summed E-state index contributed by atoms with van der Waals surface area (Å²) >= 11 is 3.06. The number of hydrogen-bond donors (Lipinski definition) is 0. The van der Waals surface area contributed by atoms with E-state index in [-0.39, 0.29) is 11.6 Å². The van der Waals surface area contributed by atoms with Crippen LogP contribution in [-0.2, 0) is 4.74 Å². The fourth-order valence-corrected chi connectivity index (χ4v) is 0.495. The molecule has 3 heteroatoms. The molecule has 0 aromatic rings. The largest absolute Gasteiger partial charge is 0.494 e. The summed E-state index contributed by atoms with van der Waals surface area (Å²) in [6.07, 6.45) is 0. The van der Waals surface area contributed by atoms with Gasteiger partial charge in [0.1, 0.15) is 0 Å². The fourth-order valence-electron chi connectivity index (χ4n) is 0.381. The third-order valence-corrected chi connectivity index (χ3v) is 1.02. The lowest BCUT2D eigenvalue weighted by atomic mass is 10.2. The molecular formula is C6H12BrO2+. The molecule has 0 aliphatic rings. The Balaban J connectivity index is 3.60. The molecule has 0 radical (unpaired) electrons. The number of rotatable bonds is 1. The Labute approximate surface area is 63.7 Å². The minimum Gasteiger partial charge on any atom is -0.338 e. The predicted molar refractivity (Wildman–Crippen MR) is 41.6 cm³/mol. The molecule has 0 heterocycles. The van der Waals surface area contributed by atoms with Crippen molar-refractivity contribution in [1.82, 2.24) is 0 Å². The highest BCUT2D eigenvalue weighted by molar-refractivity contribution is 9.09. The lowest BCUT2D eigenvalue weighted by molar-refractivity contribution is 0.102. The molecule has 0 aliphatic heterocycles. The second-order valence-corrected chi connectivity index (χ2v) is 3.30. The van der Waals surface area contributed by atoms with Crippen molar-refractivity contribution in [3.63, 3.8) is 0 Å². The van der Waals surface area contributed by atoms with Gasteiger partial charge >= 0.3 is 5.97 Å². The van der Waals surface area contributed by atoms with E-state index in [0.717, 1.165) is 0 Å². The third-order valence-electron chi connectivity index (χ3n) is 0.538. The normalized spacial score (nSPS) is 11.1. The van der Waals surface area contributed by atoms with Crippen LogP contribution >= 0.6 is 15.9 Å². The van der Waals surface area contributed by atoms with E-state index in [9.17, 15) is 0 Å². The van der Waals surface area contributed by atoms with E-state index in [1.165, 1.54) is 0 Å². The number of hydrogen-bond acceptors (Lipinski definition) is 1. The van der Waals surface area contributed by atoms with Gasteiger partial charge in [0.05, 0.1) is 0 Å². The van der Waals surface area contributed by atoms with Gasteiger partial charge in [0, 0.05) is 20.8 Å². The minimum absolute atomic E-state index is 0.0301. The van der Waals surface area contributed by atoms with Gasteiger partial charge in [-0.15, -0.1) is 0 Å². The Kier molecular flexibility index (Phi) is 3.18. The predicted octanol–water partition coefficient (Wildman–Crippen LogP) is 1.70. The zero-order valence-electron chi connectivity index (χ0n) is 5.94. The second-order valence-electron chi connectivity index (χ2n) is 2.74. The average molecular weight is 196 g/mol. The first kappa shape index (κ1) is 8.95. The number of halogens is 1. The quantitative estimate of drug-likeness (QED) is 0.356. The van der Waals surface area contributed by atoms with E-state index in [0.29, 0.717) is 5.33 Å². The molecule has 0 saturated carbocycles. The number of esters is 1. The molecule has 54 valence electrons. The van der Waals surface area contributed by atoms with Crippen molar-refractivity contribution in [2.24, 2.45) is 0 Å². The molecule has 0 fully saturated rings. The molecule has 9 heavy (non-hydrogen) atoms. The molecule has 0 amide bonds. The molecule has 0 atom stereocenters. The van der Waals surface area contributed by atoms with Gasteiger partial charge in [-0.3, -0.25) is 0 Å². The van der Waals surface area contributed by atoms with E-state index >= 15 is 0 Å². The van der Waals surface area contributed by atoms with Crippen molar-refractivity contribution in [2.75, 3.05) is 5.33 Å². The molecule has 0 aromatic carbocycles. The van der Waals surface area contributed by atoms with Crippen molar-refractivity contribution < 1.29 is 9.53 Å². The highest BCUT2D eigenvalue weighted by atomic mass is 79.9. The Morgan fingerprint density at radius 2 is 2.00 bits per heavy atom.